The molecule has 0 fully saturated rings. The number of nitrogens with one attached hydrogen (secondary N) is 1. The Balaban J connectivity index is 2.74. The van der Waals surface area contributed by atoms with E-state index in [2.05, 4.69) is 15.5 Å². The summed E-state index contributed by atoms with van der Waals surface area (Å²) in [5.41, 5.74) is 3.76. The van der Waals surface area contributed by atoms with Crippen molar-refractivity contribution in [3.8, 4) is 0 Å². The maximum atomic E-state index is 12.9. The van der Waals surface area contributed by atoms with Gasteiger partial charge in [0.05, 0.1) is 12.7 Å². The van der Waals surface area contributed by atoms with Crippen molar-refractivity contribution in [1.29, 1.82) is 0 Å². The summed E-state index contributed by atoms with van der Waals surface area (Å²) in [4.78, 5) is 15.8. The Bertz CT molecular complexity index is 574. The van der Waals surface area contributed by atoms with Crippen LogP contribution in [0.25, 0.3) is 0 Å². The molecule has 0 unspecified atom stereocenters. The van der Waals surface area contributed by atoms with Gasteiger partial charge in [-0.2, -0.15) is 5.10 Å². The molecule has 0 aliphatic carbocycles. The predicted octanol–water partition coefficient (Wildman–Crippen LogP) is 3.76. The van der Waals surface area contributed by atoms with Gasteiger partial charge in [0.1, 0.15) is 0 Å². The topological polar surface area (TPSA) is 71.4 Å². The van der Waals surface area contributed by atoms with Gasteiger partial charge < -0.3 is 4.57 Å². The number of hydrogen-bond acceptors (Lipinski definition) is 4. The minimum absolute atomic E-state index is 0.292. The Morgan fingerprint density at radius 2 is 2.00 bits per heavy atom. The number of pyridine rings is 1. The van der Waals surface area contributed by atoms with Crippen molar-refractivity contribution in [2.24, 2.45) is 5.10 Å². The molecular formula is C16H26N3O2P. The zero-order chi connectivity index (χ0) is 16.8. The number of rotatable bonds is 7. The second kappa shape index (κ2) is 7.68. The zero-order valence-electron chi connectivity index (χ0n) is 14.1. The molecule has 1 heterocycles. The van der Waals surface area contributed by atoms with E-state index in [4.69, 9.17) is 0 Å². The van der Waals surface area contributed by atoms with Crippen LogP contribution in [0.3, 0.4) is 0 Å². The lowest BCUT2D eigenvalue weighted by Crippen LogP contribution is -2.27. The van der Waals surface area contributed by atoms with Gasteiger partial charge in [-0.15, -0.1) is 0 Å². The van der Waals surface area contributed by atoms with E-state index in [9.17, 15) is 9.36 Å². The van der Waals surface area contributed by atoms with Crippen molar-refractivity contribution in [1.82, 2.24) is 10.4 Å². The Kier molecular flexibility index (Phi) is 6.48. The molecule has 6 heteroatoms. The molecule has 0 atom stereocenters. The molecule has 1 aromatic heterocycles. The molecule has 1 amide bonds. The van der Waals surface area contributed by atoms with Crippen LogP contribution in [0.4, 0.5) is 0 Å². The van der Waals surface area contributed by atoms with E-state index in [-0.39, 0.29) is 11.1 Å². The fourth-order valence-electron chi connectivity index (χ4n) is 2.60. The zero-order valence-corrected chi connectivity index (χ0v) is 15.0. The van der Waals surface area contributed by atoms with Crippen LogP contribution in [0, 0.1) is 0 Å². The normalized spacial score (nSPS) is 13.0. The van der Waals surface area contributed by atoms with E-state index in [0.717, 1.165) is 5.71 Å². The average molecular weight is 323 g/mol. The number of aromatic nitrogens is 1. The fourth-order valence-corrected chi connectivity index (χ4v) is 5.27. The number of carbonyl (C=O) groups is 1. The molecule has 1 aromatic rings. The molecule has 0 radical (unpaired) electrons. The van der Waals surface area contributed by atoms with Crippen LogP contribution in [-0.2, 0) is 4.57 Å². The average Bonchev–Trinajstić information content (AvgIpc) is 2.51. The molecule has 1 rings (SSSR count). The van der Waals surface area contributed by atoms with Crippen LogP contribution < -0.4 is 5.43 Å². The van der Waals surface area contributed by atoms with Gasteiger partial charge >= 0.3 is 0 Å². The Hall–Kier alpha value is -1.48. The first-order chi connectivity index (χ1) is 10.3. The molecule has 0 aromatic carbocycles. The Labute approximate surface area is 133 Å². The lowest BCUT2D eigenvalue weighted by Gasteiger charge is -2.33. The standard InChI is InChI=1S/C16H26N3O2P/c1-6-22(21,7-2)16(4,5)11-13(3)18-19-15(20)14-9-8-10-17-12-14/h8-10,12H,6-7,11H2,1-5H3,(H,19,20)/b18-13+. The first-order valence-electron chi connectivity index (χ1n) is 7.57. The predicted molar refractivity (Wildman–Crippen MR) is 92.2 cm³/mol. The monoisotopic (exact) mass is 323 g/mol. The van der Waals surface area contributed by atoms with Crippen LogP contribution in [0.5, 0.6) is 0 Å². The van der Waals surface area contributed by atoms with Gasteiger partial charge in [-0.05, 0) is 37.8 Å². The van der Waals surface area contributed by atoms with Gasteiger partial charge in [0.2, 0.25) is 0 Å². The van der Waals surface area contributed by atoms with Crippen molar-refractivity contribution in [2.75, 3.05) is 12.3 Å². The second-order valence-electron chi connectivity index (χ2n) is 6.04. The van der Waals surface area contributed by atoms with E-state index in [1.807, 2.05) is 34.6 Å². The van der Waals surface area contributed by atoms with E-state index in [1.54, 1.807) is 18.3 Å². The molecule has 0 spiro atoms. The first kappa shape index (κ1) is 18.6. The lowest BCUT2D eigenvalue weighted by molar-refractivity contribution is 0.0954. The van der Waals surface area contributed by atoms with E-state index in [1.165, 1.54) is 6.20 Å². The highest BCUT2D eigenvalue weighted by Gasteiger charge is 2.37. The summed E-state index contributed by atoms with van der Waals surface area (Å²) < 4.78 is 12.9. The van der Waals surface area contributed by atoms with Crippen LogP contribution in [-0.4, -0.2) is 34.1 Å². The summed E-state index contributed by atoms with van der Waals surface area (Å²) in [7, 11) is -2.25. The van der Waals surface area contributed by atoms with Gasteiger partial charge in [0.25, 0.3) is 5.91 Å². The summed E-state index contributed by atoms with van der Waals surface area (Å²) in [5.74, 6) is -0.292. The lowest BCUT2D eigenvalue weighted by atomic mass is 10.1. The summed E-state index contributed by atoms with van der Waals surface area (Å²) in [6.45, 7) is 9.83. The maximum absolute atomic E-state index is 12.9. The number of carbonyl (C=O) groups excluding carboxylic acids is 1. The molecule has 0 aliphatic rings. The van der Waals surface area contributed by atoms with Crippen molar-refractivity contribution in [2.45, 2.75) is 46.2 Å². The second-order valence-corrected chi connectivity index (χ2v) is 10.3. The van der Waals surface area contributed by atoms with Gasteiger partial charge in [0.15, 0.2) is 0 Å². The number of nitrogens with zero attached hydrogens (tertiary/aromatic N) is 2. The maximum Gasteiger partial charge on any atom is 0.272 e. The third-order valence-electron chi connectivity index (χ3n) is 4.09. The minimum Gasteiger partial charge on any atom is -0.323 e. The highest BCUT2D eigenvalue weighted by atomic mass is 31.2. The van der Waals surface area contributed by atoms with Gasteiger partial charge in [-0.25, -0.2) is 5.43 Å². The van der Waals surface area contributed by atoms with Gasteiger partial charge in [-0.3, -0.25) is 9.78 Å². The molecule has 5 nitrogen and oxygen atoms in total. The molecule has 0 aliphatic heterocycles. The first-order valence-corrected chi connectivity index (χ1v) is 9.65. The number of hydrogen-bond donors (Lipinski definition) is 1. The third-order valence-corrected chi connectivity index (χ3v) is 8.49. The number of hydrazone groups is 1. The molecule has 0 bridgehead atoms. The molecule has 0 saturated heterocycles. The van der Waals surface area contributed by atoms with Crippen molar-refractivity contribution in [3.05, 3.63) is 30.1 Å². The van der Waals surface area contributed by atoms with Crippen LogP contribution in [0.15, 0.2) is 29.6 Å². The smallest absolute Gasteiger partial charge is 0.272 e. The molecule has 122 valence electrons. The summed E-state index contributed by atoms with van der Waals surface area (Å²) in [6, 6.07) is 3.38. The SMILES string of the molecule is CCP(=O)(CC)C(C)(C)C/C(C)=N/NC(=O)c1cccnc1. The third kappa shape index (κ3) is 4.51. The Morgan fingerprint density at radius 1 is 1.36 bits per heavy atom. The van der Waals surface area contributed by atoms with Gasteiger partial charge in [-0.1, -0.05) is 27.7 Å². The largest absolute Gasteiger partial charge is 0.323 e. The molecular weight excluding hydrogens is 297 g/mol. The summed E-state index contributed by atoms with van der Waals surface area (Å²) >= 11 is 0. The summed E-state index contributed by atoms with van der Waals surface area (Å²) in [6.07, 6.45) is 5.07. The Morgan fingerprint density at radius 3 is 2.50 bits per heavy atom. The van der Waals surface area contributed by atoms with Crippen molar-refractivity contribution < 1.29 is 9.36 Å². The molecule has 0 saturated carbocycles. The molecule has 22 heavy (non-hydrogen) atoms. The van der Waals surface area contributed by atoms with Crippen LogP contribution in [0.2, 0.25) is 0 Å². The fraction of sp³-hybridized carbons (Fsp3) is 0.562. The van der Waals surface area contributed by atoms with Crippen LogP contribution >= 0.6 is 7.14 Å². The van der Waals surface area contributed by atoms with Crippen molar-refractivity contribution in [3.63, 3.8) is 0 Å². The molecule has 1 N–H and O–H groups in total. The van der Waals surface area contributed by atoms with Gasteiger partial charge in [0, 0.05) is 23.3 Å². The van der Waals surface area contributed by atoms with E-state index in [0.29, 0.717) is 24.3 Å². The minimum atomic E-state index is -2.25. The number of amides is 1. The van der Waals surface area contributed by atoms with E-state index < -0.39 is 7.14 Å². The van der Waals surface area contributed by atoms with Crippen LogP contribution in [0.1, 0.15) is 51.4 Å². The summed E-state index contributed by atoms with van der Waals surface area (Å²) in [5, 5.41) is 3.82. The van der Waals surface area contributed by atoms with Crippen molar-refractivity contribution >= 4 is 18.8 Å². The highest BCUT2D eigenvalue weighted by Crippen LogP contribution is 2.58. The highest BCUT2D eigenvalue weighted by molar-refractivity contribution is 7.65. The van der Waals surface area contributed by atoms with E-state index >= 15 is 0 Å². The quantitative estimate of drug-likeness (QED) is 0.472.